The van der Waals surface area contributed by atoms with E-state index in [4.69, 9.17) is 0 Å². The molecule has 1 aromatic carbocycles. The van der Waals surface area contributed by atoms with E-state index in [-0.39, 0.29) is 11.8 Å². The molecule has 0 amide bonds. The van der Waals surface area contributed by atoms with Gasteiger partial charge in [-0.2, -0.15) is 0 Å². The highest BCUT2D eigenvalue weighted by atomic mass is 16.1. The quantitative estimate of drug-likeness (QED) is 0.691. The zero-order valence-electron chi connectivity index (χ0n) is 12.9. The summed E-state index contributed by atoms with van der Waals surface area (Å²) in [6, 6.07) is 12.0. The predicted molar refractivity (Wildman–Crippen MR) is 88.4 cm³/mol. The van der Waals surface area contributed by atoms with Crippen LogP contribution in [0, 0.1) is 0 Å². The van der Waals surface area contributed by atoms with Crippen LogP contribution in [0.3, 0.4) is 0 Å². The van der Waals surface area contributed by atoms with Gasteiger partial charge in [-0.3, -0.25) is 9.78 Å². The molecule has 2 aromatic heterocycles. The molecular weight excluding hydrogens is 286 g/mol. The lowest BCUT2D eigenvalue weighted by Gasteiger charge is -2.15. The van der Waals surface area contributed by atoms with Gasteiger partial charge >= 0.3 is 0 Å². The van der Waals surface area contributed by atoms with Crippen LogP contribution in [-0.4, -0.2) is 20.3 Å². The fourth-order valence-electron chi connectivity index (χ4n) is 3.40. The van der Waals surface area contributed by atoms with Gasteiger partial charge < -0.3 is 4.57 Å². The minimum Gasteiger partial charge on any atom is -0.322 e. The van der Waals surface area contributed by atoms with Crippen LogP contribution in [0.5, 0.6) is 0 Å². The number of ketones is 1. The average molecular weight is 303 g/mol. The number of aryl methyl sites for hydroxylation is 1. The summed E-state index contributed by atoms with van der Waals surface area (Å²) in [6.45, 7) is 2.03. The first kappa shape index (κ1) is 13.9. The molecule has 114 valence electrons. The molecule has 23 heavy (non-hydrogen) atoms. The van der Waals surface area contributed by atoms with Crippen molar-refractivity contribution in [1.29, 1.82) is 0 Å². The van der Waals surface area contributed by atoms with Crippen molar-refractivity contribution in [2.75, 3.05) is 0 Å². The van der Waals surface area contributed by atoms with E-state index in [2.05, 4.69) is 26.7 Å². The molecule has 0 N–H and O–H groups in total. The third-order valence-electron chi connectivity index (χ3n) is 4.50. The molecule has 0 saturated heterocycles. The van der Waals surface area contributed by atoms with E-state index in [0.29, 0.717) is 6.42 Å². The Hall–Kier alpha value is -2.75. The first-order chi connectivity index (χ1) is 11.3. The molecule has 3 aromatic rings. The Morgan fingerprint density at radius 2 is 2.09 bits per heavy atom. The highest BCUT2D eigenvalue weighted by molar-refractivity contribution is 5.98. The minimum atomic E-state index is 0.0149. The van der Waals surface area contributed by atoms with E-state index in [1.165, 1.54) is 11.1 Å². The Morgan fingerprint density at radius 1 is 1.22 bits per heavy atom. The molecule has 4 nitrogen and oxygen atoms in total. The third-order valence-corrected chi connectivity index (χ3v) is 4.50. The van der Waals surface area contributed by atoms with Crippen LogP contribution in [0.15, 0.2) is 55.1 Å². The topological polar surface area (TPSA) is 47.8 Å². The van der Waals surface area contributed by atoms with Crippen molar-refractivity contribution < 1.29 is 4.79 Å². The van der Waals surface area contributed by atoms with Gasteiger partial charge in [-0.15, -0.1) is 0 Å². The first-order valence-corrected chi connectivity index (χ1v) is 7.87. The number of hydrogen-bond acceptors (Lipinski definition) is 3. The van der Waals surface area contributed by atoms with Crippen LogP contribution in [0.1, 0.15) is 41.0 Å². The van der Waals surface area contributed by atoms with Gasteiger partial charge in [0.05, 0.1) is 30.0 Å². The summed E-state index contributed by atoms with van der Waals surface area (Å²) in [5, 5.41) is 0. The van der Waals surface area contributed by atoms with E-state index < -0.39 is 0 Å². The fourth-order valence-corrected chi connectivity index (χ4v) is 3.40. The van der Waals surface area contributed by atoms with E-state index in [1.807, 2.05) is 43.7 Å². The molecule has 0 spiro atoms. The number of pyridine rings is 1. The summed E-state index contributed by atoms with van der Waals surface area (Å²) >= 11 is 0. The maximum Gasteiger partial charge on any atom is 0.167 e. The molecule has 1 aliphatic rings. The summed E-state index contributed by atoms with van der Waals surface area (Å²) < 4.78 is 2.10. The molecule has 1 aliphatic heterocycles. The van der Waals surface area contributed by atoms with Crippen molar-refractivity contribution in [2.24, 2.45) is 0 Å². The lowest BCUT2D eigenvalue weighted by atomic mass is 9.96. The summed E-state index contributed by atoms with van der Waals surface area (Å²) in [4.78, 5) is 21.4. The molecule has 1 atom stereocenters. The smallest absolute Gasteiger partial charge is 0.167 e. The molecule has 4 heteroatoms. The van der Waals surface area contributed by atoms with Crippen molar-refractivity contribution in [1.82, 2.24) is 14.5 Å². The molecule has 0 aliphatic carbocycles. The van der Waals surface area contributed by atoms with Gasteiger partial charge in [0.1, 0.15) is 0 Å². The van der Waals surface area contributed by atoms with E-state index in [0.717, 1.165) is 23.4 Å². The highest BCUT2D eigenvalue weighted by Gasteiger charge is 2.30. The Bertz CT molecular complexity index is 882. The van der Waals surface area contributed by atoms with Gasteiger partial charge in [-0.1, -0.05) is 31.2 Å². The third kappa shape index (κ3) is 2.18. The molecule has 0 fully saturated rings. The van der Waals surface area contributed by atoms with Crippen molar-refractivity contribution >= 4 is 5.78 Å². The minimum absolute atomic E-state index is 0.0149. The number of nitrogens with zero attached hydrogens (tertiary/aromatic N) is 3. The Morgan fingerprint density at radius 3 is 2.96 bits per heavy atom. The SMILES string of the molecule is CCc1ncccc1C(=O)C[C@@H]1c2ccccc2-c2cncn21. The number of fused-ring (bicyclic) bond motifs is 3. The lowest BCUT2D eigenvalue weighted by Crippen LogP contribution is -2.13. The standard InChI is InChI=1S/C19H17N3O/c1-2-16-15(8-5-9-21-16)19(23)10-17-13-6-3-4-7-14(13)18-11-20-12-22(17)18/h3-9,11-12,17H,2,10H2,1H3/t17-/m1/s1. The Kier molecular flexibility index (Phi) is 3.30. The second kappa shape index (κ2) is 5.47. The van der Waals surface area contributed by atoms with Gasteiger partial charge in [0.25, 0.3) is 0 Å². The Balaban J connectivity index is 1.71. The van der Waals surface area contributed by atoms with Crippen molar-refractivity contribution in [2.45, 2.75) is 25.8 Å². The second-order valence-electron chi connectivity index (χ2n) is 5.77. The number of carbonyl (C=O) groups is 1. The second-order valence-corrected chi connectivity index (χ2v) is 5.77. The monoisotopic (exact) mass is 303 g/mol. The van der Waals surface area contributed by atoms with Crippen LogP contribution < -0.4 is 0 Å². The summed E-state index contributed by atoms with van der Waals surface area (Å²) in [5.41, 5.74) is 5.06. The molecular formula is C19H17N3O. The van der Waals surface area contributed by atoms with E-state index in [1.54, 1.807) is 6.20 Å². The van der Waals surface area contributed by atoms with Crippen LogP contribution in [-0.2, 0) is 6.42 Å². The van der Waals surface area contributed by atoms with E-state index in [9.17, 15) is 4.79 Å². The van der Waals surface area contributed by atoms with E-state index >= 15 is 0 Å². The number of imidazole rings is 1. The summed E-state index contributed by atoms with van der Waals surface area (Å²) in [7, 11) is 0. The van der Waals surface area contributed by atoms with Crippen LogP contribution in [0.25, 0.3) is 11.3 Å². The number of rotatable bonds is 4. The van der Waals surface area contributed by atoms with Gasteiger partial charge in [0, 0.05) is 23.7 Å². The highest BCUT2D eigenvalue weighted by Crippen LogP contribution is 2.41. The van der Waals surface area contributed by atoms with Crippen LogP contribution in [0.4, 0.5) is 0 Å². The van der Waals surface area contributed by atoms with Gasteiger partial charge in [-0.25, -0.2) is 4.98 Å². The van der Waals surface area contributed by atoms with Crippen LogP contribution in [0.2, 0.25) is 0 Å². The number of aromatic nitrogens is 3. The molecule has 0 bridgehead atoms. The number of carbonyl (C=O) groups excluding carboxylic acids is 1. The van der Waals surface area contributed by atoms with Crippen molar-refractivity contribution in [3.8, 4) is 11.3 Å². The normalized spacial score (nSPS) is 15.3. The van der Waals surface area contributed by atoms with Crippen molar-refractivity contribution in [3.63, 3.8) is 0 Å². The average Bonchev–Trinajstić information content (AvgIpc) is 3.18. The maximum absolute atomic E-state index is 12.8. The summed E-state index contributed by atoms with van der Waals surface area (Å²) in [6.07, 6.45) is 6.62. The first-order valence-electron chi connectivity index (χ1n) is 7.87. The summed E-state index contributed by atoms with van der Waals surface area (Å²) in [5.74, 6) is 0.135. The number of Topliss-reactive ketones (excluding diaryl/α,β-unsaturated/α-hetero) is 1. The van der Waals surface area contributed by atoms with Gasteiger partial charge in [-0.05, 0) is 24.1 Å². The number of hydrogen-bond donors (Lipinski definition) is 0. The maximum atomic E-state index is 12.8. The van der Waals surface area contributed by atoms with Crippen molar-refractivity contribution in [3.05, 3.63) is 71.9 Å². The molecule has 0 saturated carbocycles. The molecule has 4 rings (SSSR count). The largest absolute Gasteiger partial charge is 0.322 e. The Labute approximate surface area is 134 Å². The van der Waals surface area contributed by atoms with Crippen LogP contribution >= 0.6 is 0 Å². The van der Waals surface area contributed by atoms with Gasteiger partial charge in [0.15, 0.2) is 5.78 Å². The number of benzene rings is 1. The fraction of sp³-hybridized carbons (Fsp3) is 0.211. The molecule has 3 heterocycles. The van der Waals surface area contributed by atoms with Gasteiger partial charge in [0.2, 0.25) is 0 Å². The zero-order valence-corrected chi connectivity index (χ0v) is 12.9. The predicted octanol–water partition coefficient (Wildman–Crippen LogP) is 3.68. The molecule has 0 unspecified atom stereocenters. The zero-order chi connectivity index (χ0) is 15.8. The molecule has 0 radical (unpaired) electrons. The lowest BCUT2D eigenvalue weighted by molar-refractivity contribution is 0.0969.